The number of fused-ring (bicyclic) bond motifs is 1. The van der Waals surface area contributed by atoms with Crippen molar-refractivity contribution >= 4 is 23.0 Å². The zero-order valence-electron chi connectivity index (χ0n) is 20.6. The molecule has 1 amide bonds. The van der Waals surface area contributed by atoms with Gasteiger partial charge in [-0.05, 0) is 56.2 Å². The molecule has 3 aromatic rings. The van der Waals surface area contributed by atoms with E-state index in [9.17, 15) is 18.8 Å². The zero-order chi connectivity index (χ0) is 26.2. The minimum Gasteiger partial charge on any atom is -0.328 e. The first-order valence-corrected chi connectivity index (χ1v) is 11.5. The highest BCUT2D eigenvalue weighted by Crippen LogP contribution is 2.23. The molecular weight excluding hydrogens is 459 g/mol. The molecule has 0 bridgehead atoms. The molecule has 1 aromatic heterocycles. The second kappa shape index (κ2) is 11.9. The number of para-hydroxylation sites is 1. The first kappa shape index (κ1) is 26.3. The van der Waals surface area contributed by atoms with E-state index >= 15 is 0 Å². The van der Waals surface area contributed by atoms with Crippen LogP contribution >= 0.6 is 0 Å². The van der Waals surface area contributed by atoms with E-state index in [4.69, 9.17) is 0 Å². The van der Waals surface area contributed by atoms with Crippen LogP contribution in [0.15, 0.2) is 93.1 Å². The quantitative estimate of drug-likeness (QED) is 0.425. The van der Waals surface area contributed by atoms with Crippen LogP contribution in [0, 0.1) is 5.82 Å². The second-order valence-corrected chi connectivity index (χ2v) is 8.07. The summed E-state index contributed by atoms with van der Waals surface area (Å²) in [6.45, 7) is 10.2. The van der Waals surface area contributed by atoms with Crippen molar-refractivity contribution in [1.82, 2.24) is 14.5 Å². The molecule has 36 heavy (non-hydrogen) atoms. The minimum atomic E-state index is -0.648. The molecule has 4 rings (SSSR count). The van der Waals surface area contributed by atoms with E-state index in [1.165, 1.54) is 27.7 Å². The number of nitrogens with zero attached hydrogens (tertiary/aromatic N) is 3. The minimum absolute atomic E-state index is 0.0677. The van der Waals surface area contributed by atoms with Gasteiger partial charge in [0.15, 0.2) is 0 Å². The molecule has 0 fully saturated rings. The maximum atomic E-state index is 14.6. The molecule has 8 heteroatoms. The van der Waals surface area contributed by atoms with Crippen LogP contribution in [0.4, 0.5) is 4.39 Å². The number of nitrogens with one attached hydrogen (secondary N) is 1. The Labute approximate surface area is 208 Å². The fraction of sp³-hybridized carbons (Fsp3) is 0.214. The van der Waals surface area contributed by atoms with Crippen molar-refractivity contribution in [3.63, 3.8) is 0 Å². The molecule has 0 aliphatic carbocycles. The van der Waals surface area contributed by atoms with Crippen LogP contribution in [-0.2, 0) is 6.54 Å². The van der Waals surface area contributed by atoms with Gasteiger partial charge in [0.1, 0.15) is 5.82 Å². The van der Waals surface area contributed by atoms with E-state index in [0.717, 1.165) is 11.3 Å². The Kier molecular flexibility index (Phi) is 8.67. The maximum absolute atomic E-state index is 14.6. The van der Waals surface area contributed by atoms with Crippen molar-refractivity contribution in [2.45, 2.75) is 27.3 Å². The summed E-state index contributed by atoms with van der Waals surface area (Å²) in [5.74, 6) is -1.12. The highest BCUT2D eigenvalue weighted by atomic mass is 19.1. The van der Waals surface area contributed by atoms with Crippen LogP contribution in [0.3, 0.4) is 0 Å². The third kappa shape index (κ3) is 5.66. The molecule has 1 N–H and O–H groups in total. The summed E-state index contributed by atoms with van der Waals surface area (Å²) >= 11 is 0. The van der Waals surface area contributed by atoms with Gasteiger partial charge in [0.25, 0.3) is 11.5 Å². The van der Waals surface area contributed by atoms with Gasteiger partial charge in [0.05, 0.1) is 35.3 Å². The number of aromatic amines is 1. The Balaban J connectivity index is 0.000000840. The number of carbonyl (C=O) groups excluding carboxylic acids is 1. The average molecular weight is 489 g/mol. The lowest BCUT2D eigenvalue weighted by Gasteiger charge is -2.17. The molecule has 1 aliphatic rings. The number of halogens is 1. The van der Waals surface area contributed by atoms with Crippen LogP contribution in [0.25, 0.3) is 10.9 Å². The topological polar surface area (TPSA) is 87.5 Å². The highest BCUT2D eigenvalue weighted by Gasteiger charge is 2.27. The number of allylic oxidation sites excluding steroid dienone is 2. The number of benzene rings is 2. The number of hydrogen-bond donors (Lipinski definition) is 1. The van der Waals surface area contributed by atoms with Gasteiger partial charge < -0.3 is 4.90 Å². The lowest BCUT2D eigenvalue weighted by molar-refractivity contribution is 0.0791. The molecule has 2 heterocycles. The number of amides is 1. The Morgan fingerprint density at radius 1 is 1.11 bits per heavy atom. The Bertz CT molecular complexity index is 1490. The number of hydrogen-bond acceptors (Lipinski definition) is 4. The average Bonchev–Trinajstić information content (AvgIpc) is 3.30. The lowest BCUT2D eigenvalue weighted by atomic mass is 10.1. The van der Waals surface area contributed by atoms with Crippen molar-refractivity contribution in [3.8, 4) is 0 Å². The van der Waals surface area contributed by atoms with Gasteiger partial charge >= 0.3 is 5.69 Å². The van der Waals surface area contributed by atoms with Gasteiger partial charge in [-0.25, -0.2) is 9.18 Å². The van der Waals surface area contributed by atoms with Gasteiger partial charge in [0, 0.05) is 12.8 Å². The summed E-state index contributed by atoms with van der Waals surface area (Å²) in [7, 11) is 0. The molecule has 0 saturated heterocycles. The third-order valence-electron chi connectivity index (χ3n) is 5.73. The molecule has 0 unspecified atom stereocenters. The van der Waals surface area contributed by atoms with E-state index in [0.29, 0.717) is 23.0 Å². The first-order chi connectivity index (χ1) is 17.3. The van der Waals surface area contributed by atoms with Crippen molar-refractivity contribution < 1.29 is 9.18 Å². The van der Waals surface area contributed by atoms with E-state index in [-0.39, 0.29) is 18.7 Å². The van der Waals surface area contributed by atoms with Gasteiger partial charge in [0.2, 0.25) is 0 Å². The van der Waals surface area contributed by atoms with Crippen LogP contribution in [0.2, 0.25) is 0 Å². The Morgan fingerprint density at radius 2 is 1.83 bits per heavy atom. The molecule has 2 aromatic carbocycles. The largest absolute Gasteiger partial charge is 0.329 e. The van der Waals surface area contributed by atoms with Crippen molar-refractivity contribution in [3.05, 3.63) is 116 Å². The van der Waals surface area contributed by atoms with E-state index in [2.05, 4.69) is 16.6 Å². The molecule has 0 radical (unpaired) electrons. The number of aromatic nitrogens is 2. The predicted molar refractivity (Wildman–Crippen MR) is 142 cm³/mol. The number of H-pyrrole nitrogens is 1. The summed E-state index contributed by atoms with van der Waals surface area (Å²) in [4.78, 5) is 45.7. The van der Waals surface area contributed by atoms with Gasteiger partial charge in [-0.15, -0.1) is 0 Å². The first-order valence-electron chi connectivity index (χ1n) is 11.5. The molecule has 0 saturated carbocycles. The van der Waals surface area contributed by atoms with Crippen LogP contribution in [0.1, 0.15) is 36.7 Å². The summed E-state index contributed by atoms with van der Waals surface area (Å²) < 4.78 is 16.0. The van der Waals surface area contributed by atoms with E-state index in [1.54, 1.807) is 43.5 Å². The fourth-order valence-corrected chi connectivity index (χ4v) is 3.83. The van der Waals surface area contributed by atoms with Gasteiger partial charge in [-0.1, -0.05) is 43.0 Å². The van der Waals surface area contributed by atoms with Crippen molar-refractivity contribution in [1.29, 1.82) is 0 Å². The SMILES string of the molecule is C/C=C\C.C=CC1=C(N=CC)CN(C(=O)c2cc(Cn3c(=O)[nH]c(=O)c4ccccc43)ccc2F)C1. The van der Waals surface area contributed by atoms with Crippen LogP contribution < -0.4 is 11.2 Å². The lowest BCUT2D eigenvalue weighted by Crippen LogP contribution is -2.31. The normalized spacial score (nSPS) is 13.5. The molecule has 186 valence electrons. The Hall–Kier alpha value is -4.33. The highest BCUT2D eigenvalue weighted by molar-refractivity contribution is 5.95. The summed E-state index contributed by atoms with van der Waals surface area (Å²) in [5, 5.41) is 0.370. The molecule has 0 spiro atoms. The number of aliphatic imine (C=N–C) groups is 1. The van der Waals surface area contributed by atoms with E-state index in [1.807, 2.05) is 26.0 Å². The zero-order valence-corrected chi connectivity index (χ0v) is 20.6. The summed E-state index contributed by atoms with van der Waals surface area (Å²) in [5.41, 5.74) is 1.42. The standard InChI is InChI=1S/C24H21FN4O3.C4H8/c1-3-16-13-28(14-20(16)26-4-2)23(31)18-11-15(9-10-19(18)25)12-29-21-8-6-5-7-17(21)22(30)27-24(29)32;1-3-4-2/h3-11H,1,12-14H2,2H3,(H,27,30,32);3-4H,1-2H3/b;4-3-. The van der Waals surface area contributed by atoms with Gasteiger partial charge in [-0.2, -0.15) is 0 Å². The van der Waals surface area contributed by atoms with E-state index < -0.39 is 23.0 Å². The molecule has 0 atom stereocenters. The second-order valence-electron chi connectivity index (χ2n) is 8.07. The monoisotopic (exact) mass is 488 g/mol. The molecule has 7 nitrogen and oxygen atoms in total. The predicted octanol–water partition coefficient (Wildman–Crippen LogP) is 4.45. The molecular formula is C28H29FN4O3. The smallest absolute Gasteiger partial charge is 0.328 e. The number of rotatable bonds is 5. The Morgan fingerprint density at radius 3 is 2.50 bits per heavy atom. The van der Waals surface area contributed by atoms with Crippen LogP contribution in [0.5, 0.6) is 0 Å². The number of carbonyl (C=O) groups is 1. The summed E-state index contributed by atoms with van der Waals surface area (Å²) in [6.07, 6.45) is 7.29. The van der Waals surface area contributed by atoms with Crippen LogP contribution in [-0.4, -0.2) is 39.7 Å². The fourth-order valence-electron chi connectivity index (χ4n) is 3.83. The third-order valence-corrected chi connectivity index (χ3v) is 5.73. The maximum Gasteiger partial charge on any atom is 0.329 e. The molecule has 1 aliphatic heterocycles. The summed E-state index contributed by atoms with van der Waals surface area (Å²) in [6, 6.07) is 10.9. The van der Waals surface area contributed by atoms with Crippen molar-refractivity contribution in [2.75, 3.05) is 13.1 Å². The van der Waals surface area contributed by atoms with Gasteiger partial charge in [-0.3, -0.25) is 24.1 Å². The van der Waals surface area contributed by atoms with Crippen molar-refractivity contribution in [2.24, 2.45) is 4.99 Å².